The molecule has 0 bridgehead atoms. The highest BCUT2D eigenvalue weighted by Crippen LogP contribution is 2.43. The number of phosphoric acid groups is 1. The number of carbonyl (C=O) groups excluding carboxylic acids is 2. The lowest BCUT2D eigenvalue weighted by Crippen LogP contribution is -2.47. The fourth-order valence-electron chi connectivity index (χ4n) is 11.2. The van der Waals surface area contributed by atoms with Crippen molar-refractivity contribution >= 4 is 19.7 Å². The van der Waals surface area contributed by atoms with Crippen LogP contribution in [0.25, 0.3) is 0 Å². The molecule has 9 nitrogen and oxygen atoms in total. The molecule has 1 amide bonds. The van der Waals surface area contributed by atoms with Crippen LogP contribution in [0.1, 0.15) is 374 Å². The van der Waals surface area contributed by atoms with Crippen molar-refractivity contribution in [1.82, 2.24) is 5.32 Å². The van der Waals surface area contributed by atoms with Gasteiger partial charge in [-0.2, -0.15) is 0 Å². The second kappa shape index (κ2) is 65.9. The third-order valence-corrected chi connectivity index (χ3v) is 18.0. The first-order valence-corrected chi connectivity index (χ1v) is 39.0. The lowest BCUT2D eigenvalue weighted by molar-refractivity contribution is -0.870. The van der Waals surface area contributed by atoms with E-state index in [-0.39, 0.29) is 31.5 Å². The number of hydrogen-bond acceptors (Lipinski definition) is 6. The zero-order valence-corrected chi connectivity index (χ0v) is 59.0. The minimum atomic E-state index is -4.45. The van der Waals surface area contributed by atoms with Gasteiger partial charge in [0.1, 0.15) is 19.3 Å². The van der Waals surface area contributed by atoms with Gasteiger partial charge in [-0.1, -0.05) is 339 Å². The minimum Gasteiger partial charge on any atom is -0.456 e. The van der Waals surface area contributed by atoms with Crippen LogP contribution in [0.15, 0.2) is 48.6 Å². The van der Waals surface area contributed by atoms with Crippen molar-refractivity contribution in [2.45, 2.75) is 386 Å². The van der Waals surface area contributed by atoms with E-state index in [4.69, 9.17) is 13.8 Å². The number of allylic oxidation sites excluding steroid dienone is 7. The predicted molar refractivity (Wildman–Crippen MR) is 374 cm³/mol. The Labute approximate surface area is 535 Å². The van der Waals surface area contributed by atoms with Crippen LogP contribution < -0.4 is 5.32 Å². The zero-order valence-electron chi connectivity index (χ0n) is 58.1. The monoisotopic (exact) mass is 1230 g/mol. The van der Waals surface area contributed by atoms with Crippen LogP contribution in [0.2, 0.25) is 0 Å². The van der Waals surface area contributed by atoms with Crippen LogP contribution >= 0.6 is 7.82 Å². The fraction of sp³-hybridized carbons (Fsp3) is 0.868. The lowest BCUT2D eigenvalue weighted by atomic mass is 10.0. The Kier molecular flexibility index (Phi) is 64.4. The van der Waals surface area contributed by atoms with Crippen LogP contribution in [0.3, 0.4) is 0 Å². The number of phosphoric ester groups is 1. The first-order valence-electron chi connectivity index (χ1n) is 37.5. The summed E-state index contributed by atoms with van der Waals surface area (Å²) in [6, 6.07) is -0.849. The van der Waals surface area contributed by atoms with E-state index in [1.165, 1.54) is 270 Å². The Balaban J connectivity index is 4.99. The van der Waals surface area contributed by atoms with Crippen LogP contribution in [0.5, 0.6) is 0 Å². The van der Waals surface area contributed by atoms with E-state index in [2.05, 4.69) is 62.5 Å². The summed E-state index contributed by atoms with van der Waals surface area (Å²) < 4.78 is 30.9. The molecular formula is C76H146N2O7P+. The van der Waals surface area contributed by atoms with Gasteiger partial charge in [0, 0.05) is 12.8 Å². The van der Waals surface area contributed by atoms with Crippen LogP contribution in [0.4, 0.5) is 0 Å². The van der Waals surface area contributed by atoms with Gasteiger partial charge in [0.15, 0.2) is 0 Å². The largest absolute Gasteiger partial charge is 0.472 e. The molecule has 0 aromatic carbocycles. The molecule has 3 atom stereocenters. The van der Waals surface area contributed by atoms with Crippen LogP contribution in [-0.4, -0.2) is 74.3 Å². The molecule has 506 valence electrons. The van der Waals surface area contributed by atoms with Crippen molar-refractivity contribution in [2.24, 2.45) is 0 Å². The number of carbonyl (C=O) groups is 2. The number of quaternary nitrogens is 1. The third kappa shape index (κ3) is 66.4. The summed E-state index contributed by atoms with van der Waals surface area (Å²) in [5.74, 6) is -0.490. The van der Waals surface area contributed by atoms with Gasteiger partial charge in [0.05, 0.1) is 33.8 Å². The summed E-state index contributed by atoms with van der Waals surface area (Å²) in [4.78, 5) is 38.0. The topological polar surface area (TPSA) is 111 Å². The van der Waals surface area contributed by atoms with E-state index in [1.807, 2.05) is 33.3 Å². The molecule has 0 radical (unpaired) electrons. The number of likely N-dealkylation sites (N-methyl/N-ethyl adjacent to an activating group) is 1. The highest BCUT2D eigenvalue weighted by molar-refractivity contribution is 7.47. The molecule has 0 saturated carbocycles. The molecule has 0 aliphatic rings. The van der Waals surface area contributed by atoms with E-state index in [1.54, 1.807) is 0 Å². The van der Waals surface area contributed by atoms with E-state index in [9.17, 15) is 19.0 Å². The minimum absolute atomic E-state index is 0.0415. The number of esters is 1. The average molecular weight is 1230 g/mol. The molecule has 0 heterocycles. The molecule has 3 unspecified atom stereocenters. The van der Waals surface area contributed by atoms with Gasteiger partial charge in [-0.25, -0.2) is 4.57 Å². The molecule has 2 N–H and O–H groups in total. The van der Waals surface area contributed by atoms with Crippen molar-refractivity contribution in [3.05, 3.63) is 48.6 Å². The highest BCUT2D eigenvalue weighted by atomic mass is 31.2. The maximum atomic E-state index is 13.6. The van der Waals surface area contributed by atoms with E-state index in [0.717, 1.165) is 70.6 Å². The molecule has 0 saturated heterocycles. The molecule has 0 aliphatic heterocycles. The Morgan fingerprint density at radius 3 is 1.08 bits per heavy atom. The SMILES string of the molecule is CCCCC/C=C\C/C=C\C/C=C\CCCCCCCCCCCCC(=O)OC(/C=C/CCCCCCCCCCCC)C(COP(=O)(O)OCC[N+](C)(C)C)NC(=O)CCCCCCCCCCCCCCCCCCCCCCCCCCC. The quantitative estimate of drug-likeness (QED) is 0.0205. The standard InChI is InChI=1S/C76H145N2O7P/c1-7-10-13-16-19-22-25-28-30-32-34-36-38-39-41-42-44-46-48-50-53-56-59-62-65-68-75(79)77-73(72-84-86(81,82)83-71-70-78(4,5)6)74(67-64-61-58-55-52-27-24-21-18-15-12-9-3)85-76(80)69-66-63-60-57-54-51-49-47-45-43-40-37-35-33-31-29-26-23-20-17-14-11-8-2/h20,23,29,31,35,37,64,67,73-74H,7-19,21-22,24-28,30,32-34,36,38-63,65-66,68-72H2,1-6H3,(H-,77,79,81,82)/p+1/b23-20-,31-29-,37-35-,67-64+. The summed E-state index contributed by atoms with van der Waals surface area (Å²) in [5.41, 5.74) is 0. The maximum absolute atomic E-state index is 13.6. The number of nitrogens with one attached hydrogen (secondary N) is 1. The summed E-state index contributed by atoms with van der Waals surface area (Å²) in [6.07, 6.45) is 84.2. The Hall–Kier alpha value is -2.03. The summed E-state index contributed by atoms with van der Waals surface area (Å²) in [6.45, 7) is 7.05. The second-order valence-corrected chi connectivity index (χ2v) is 28.3. The fourth-order valence-corrected chi connectivity index (χ4v) is 12.0. The maximum Gasteiger partial charge on any atom is 0.472 e. The highest BCUT2D eigenvalue weighted by Gasteiger charge is 2.30. The van der Waals surface area contributed by atoms with Crippen molar-refractivity contribution in [2.75, 3.05) is 40.9 Å². The second-order valence-electron chi connectivity index (χ2n) is 26.8. The lowest BCUT2D eigenvalue weighted by Gasteiger charge is -2.27. The molecule has 10 heteroatoms. The van der Waals surface area contributed by atoms with E-state index in [0.29, 0.717) is 17.4 Å². The van der Waals surface area contributed by atoms with E-state index >= 15 is 0 Å². The zero-order chi connectivity index (χ0) is 62.8. The van der Waals surface area contributed by atoms with Crippen LogP contribution in [0, 0.1) is 0 Å². The molecule has 0 spiro atoms. The molecule has 0 fully saturated rings. The Morgan fingerprint density at radius 2 is 0.709 bits per heavy atom. The van der Waals surface area contributed by atoms with Crippen molar-refractivity contribution < 1.29 is 37.3 Å². The first-order chi connectivity index (χ1) is 41.9. The first kappa shape index (κ1) is 84.0. The van der Waals surface area contributed by atoms with Gasteiger partial charge < -0.3 is 19.4 Å². The van der Waals surface area contributed by atoms with Crippen molar-refractivity contribution in [3.8, 4) is 0 Å². The van der Waals surface area contributed by atoms with Gasteiger partial charge in [-0.15, -0.1) is 0 Å². The van der Waals surface area contributed by atoms with Gasteiger partial charge in [-0.3, -0.25) is 18.6 Å². The number of ether oxygens (including phenoxy) is 1. The van der Waals surface area contributed by atoms with E-state index < -0.39 is 20.0 Å². The number of nitrogens with zero attached hydrogens (tertiary/aromatic N) is 1. The summed E-state index contributed by atoms with van der Waals surface area (Å²) >= 11 is 0. The normalized spacial score (nSPS) is 13.7. The average Bonchev–Trinajstić information content (AvgIpc) is 3.69. The summed E-state index contributed by atoms with van der Waals surface area (Å²) in [7, 11) is 1.51. The third-order valence-electron chi connectivity index (χ3n) is 17.0. The molecule has 0 aromatic heterocycles. The Morgan fingerprint density at radius 1 is 0.407 bits per heavy atom. The molecule has 0 aromatic rings. The number of amides is 1. The van der Waals surface area contributed by atoms with Gasteiger partial charge >= 0.3 is 13.8 Å². The van der Waals surface area contributed by atoms with Gasteiger partial charge in [-0.05, 0) is 70.3 Å². The molecule has 0 aliphatic carbocycles. The summed E-state index contributed by atoms with van der Waals surface area (Å²) in [5, 5.41) is 3.08. The van der Waals surface area contributed by atoms with Crippen molar-refractivity contribution in [3.63, 3.8) is 0 Å². The smallest absolute Gasteiger partial charge is 0.456 e. The number of unbranched alkanes of at least 4 members (excludes halogenated alkanes) is 47. The van der Waals surface area contributed by atoms with Crippen LogP contribution in [-0.2, 0) is 27.9 Å². The van der Waals surface area contributed by atoms with Gasteiger partial charge in [0.25, 0.3) is 0 Å². The Bertz CT molecular complexity index is 1610. The van der Waals surface area contributed by atoms with Gasteiger partial charge in [0.2, 0.25) is 5.91 Å². The number of rotatable bonds is 69. The molecule has 86 heavy (non-hydrogen) atoms. The number of hydrogen-bond donors (Lipinski definition) is 2. The van der Waals surface area contributed by atoms with Crippen molar-refractivity contribution in [1.29, 1.82) is 0 Å². The molecular weight excluding hydrogens is 1080 g/mol. The predicted octanol–water partition coefficient (Wildman–Crippen LogP) is 24.0. The molecule has 0 rings (SSSR count).